The van der Waals surface area contributed by atoms with Crippen molar-refractivity contribution in [2.24, 2.45) is 0 Å². The minimum absolute atomic E-state index is 0.0128. The molecule has 0 radical (unpaired) electrons. The molecule has 1 aromatic heterocycles. The van der Waals surface area contributed by atoms with Crippen LogP contribution >= 0.6 is 0 Å². The van der Waals surface area contributed by atoms with Crippen LogP contribution in [0.2, 0.25) is 0 Å². The van der Waals surface area contributed by atoms with E-state index in [0.29, 0.717) is 31.7 Å². The molecular weight excluding hydrogens is 320 g/mol. The monoisotopic (exact) mass is 342 g/mol. The van der Waals surface area contributed by atoms with Crippen molar-refractivity contribution in [3.05, 3.63) is 48.2 Å². The fourth-order valence-corrected chi connectivity index (χ4v) is 3.01. The van der Waals surface area contributed by atoms with Gasteiger partial charge in [0.2, 0.25) is 5.91 Å². The van der Waals surface area contributed by atoms with Crippen LogP contribution in [0.25, 0.3) is 0 Å². The molecule has 2 N–H and O–H groups in total. The molecule has 0 bridgehead atoms. The molecule has 2 amide bonds. The van der Waals surface area contributed by atoms with Crippen molar-refractivity contribution in [2.45, 2.75) is 31.9 Å². The second-order valence-corrected chi connectivity index (χ2v) is 6.41. The Morgan fingerprint density at radius 3 is 2.76 bits per heavy atom. The lowest BCUT2D eigenvalue weighted by atomic mass is 9.92. The molecule has 1 aliphatic heterocycles. The van der Waals surface area contributed by atoms with Crippen LogP contribution in [0, 0.1) is 0 Å². The van der Waals surface area contributed by atoms with E-state index in [9.17, 15) is 14.7 Å². The van der Waals surface area contributed by atoms with E-state index < -0.39 is 11.5 Å². The number of nitrogens with one attached hydrogen (secondary N) is 1. The molecule has 2 aromatic rings. The molecule has 1 aliphatic rings. The molecule has 7 nitrogen and oxygen atoms in total. The summed E-state index contributed by atoms with van der Waals surface area (Å²) in [6.07, 6.45) is 2.69. The van der Waals surface area contributed by atoms with Crippen LogP contribution in [0.3, 0.4) is 0 Å². The third-order valence-electron chi connectivity index (χ3n) is 4.41. The molecule has 1 aromatic carbocycles. The van der Waals surface area contributed by atoms with Gasteiger partial charge in [-0.2, -0.15) is 5.10 Å². The summed E-state index contributed by atoms with van der Waals surface area (Å²) in [6, 6.07) is 11.6. The van der Waals surface area contributed by atoms with Gasteiger partial charge in [0.1, 0.15) is 0 Å². The number of benzene rings is 1. The Labute approximate surface area is 146 Å². The largest absolute Gasteiger partial charge is 0.378 e. The van der Waals surface area contributed by atoms with Gasteiger partial charge in [0.15, 0.2) is 11.4 Å². The van der Waals surface area contributed by atoms with Gasteiger partial charge in [-0.1, -0.05) is 30.3 Å². The van der Waals surface area contributed by atoms with Crippen LogP contribution in [0.4, 0.5) is 5.82 Å². The highest BCUT2D eigenvalue weighted by atomic mass is 16.3. The maximum Gasteiger partial charge on any atom is 0.259 e. The molecule has 1 fully saturated rings. The van der Waals surface area contributed by atoms with Crippen LogP contribution in [0.15, 0.2) is 42.6 Å². The Kier molecular flexibility index (Phi) is 4.85. The highest BCUT2D eigenvalue weighted by Gasteiger charge is 2.41. The standard InChI is InChI=1S/C18H22N4O3/c1-14(23)21-10-5-9-18(25,13-21)17(24)19-16-8-11-22(20-16)12-15-6-3-2-4-7-15/h2-4,6-8,11,25H,5,9-10,12-13H2,1H3,(H,19,20,24). The maximum absolute atomic E-state index is 12.5. The molecule has 132 valence electrons. The number of rotatable bonds is 4. The topological polar surface area (TPSA) is 87.5 Å². The smallest absolute Gasteiger partial charge is 0.259 e. The van der Waals surface area contributed by atoms with E-state index in [-0.39, 0.29) is 12.5 Å². The lowest BCUT2D eigenvalue weighted by molar-refractivity contribution is -0.146. The van der Waals surface area contributed by atoms with E-state index >= 15 is 0 Å². The van der Waals surface area contributed by atoms with Gasteiger partial charge in [-0.05, 0) is 18.4 Å². The predicted molar refractivity (Wildman–Crippen MR) is 92.8 cm³/mol. The molecule has 0 saturated carbocycles. The molecule has 0 aliphatic carbocycles. The number of aliphatic hydroxyl groups is 1. The Balaban J connectivity index is 1.64. The lowest BCUT2D eigenvalue weighted by Gasteiger charge is -2.37. The third kappa shape index (κ3) is 4.06. The Bertz CT molecular complexity index is 759. The van der Waals surface area contributed by atoms with Crippen molar-refractivity contribution in [1.29, 1.82) is 0 Å². The minimum Gasteiger partial charge on any atom is -0.378 e. The summed E-state index contributed by atoms with van der Waals surface area (Å²) >= 11 is 0. The zero-order valence-corrected chi connectivity index (χ0v) is 14.2. The number of carbonyl (C=O) groups is 2. The van der Waals surface area contributed by atoms with Crippen molar-refractivity contribution in [3.8, 4) is 0 Å². The Hall–Kier alpha value is -2.67. The summed E-state index contributed by atoms with van der Waals surface area (Å²) in [7, 11) is 0. The number of aromatic nitrogens is 2. The fourth-order valence-electron chi connectivity index (χ4n) is 3.01. The second kappa shape index (κ2) is 7.06. The normalized spacial score (nSPS) is 20.3. The molecule has 7 heteroatoms. The molecule has 3 rings (SSSR count). The molecule has 25 heavy (non-hydrogen) atoms. The first-order chi connectivity index (χ1) is 12.0. The van der Waals surface area contributed by atoms with E-state index in [1.165, 1.54) is 11.8 Å². The van der Waals surface area contributed by atoms with Gasteiger partial charge < -0.3 is 15.3 Å². The van der Waals surface area contributed by atoms with Gasteiger partial charge in [-0.25, -0.2) is 0 Å². The quantitative estimate of drug-likeness (QED) is 0.875. The van der Waals surface area contributed by atoms with E-state index in [1.54, 1.807) is 16.9 Å². The van der Waals surface area contributed by atoms with Gasteiger partial charge in [0.05, 0.1) is 13.1 Å². The number of likely N-dealkylation sites (tertiary alicyclic amines) is 1. The molecule has 1 atom stereocenters. The summed E-state index contributed by atoms with van der Waals surface area (Å²) in [6.45, 7) is 2.61. The van der Waals surface area contributed by atoms with Crippen molar-refractivity contribution in [1.82, 2.24) is 14.7 Å². The molecule has 1 saturated heterocycles. The first-order valence-corrected chi connectivity index (χ1v) is 8.33. The molecule has 1 unspecified atom stereocenters. The number of β-amino-alcohol motifs (C(OH)–C–C–N with tert-alkyl or cyclic N) is 1. The SMILES string of the molecule is CC(=O)N1CCCC(O)(C(=O)Nc2ccn(Cc3ccccc3)n2)C1. The van der Waals surface area contributed by atoms with E-state index in [4.69, 9.17) is 0 Å². The van der Waals surface area contributed by atoms with Crippen molar-refractivity contribution >= 4 is 17.6 Å². The molecule has 0 spiro atoms. The zero-order valence-electron chi connectivity index (χ0n) is 14.2. The average molecular weight is 342 g/mol. The second-order valence-electron chi connectivity index (χ2n) is 6.41. The number of nitrogens with zero attached hydrogens (tertiary/aromatic N) is 3. The van der Waals surface area contributed by atoms with Gasteiger partial charge in [0, 0.05) is 25.7 Å². The van der Waals surface area contributed by atoms with Crippen LogP contribution in [0.5, 0.6) is 0 Å². The highest BCUT2D eigenvalue weighted by Crippen LogP contribution is 2.23. The fraction of sp³-hybridized carbons (Fsp3) is 0.389. The van der Waals surface area contributed by atoms with Crippen LogP contribution in [0.1, 0.15) is 25.3 Å². The maximum atomic E-state index is 12.5. The van der Waals surface area contributed by atoms with Crippen LogP contribution in [-0.4, -0.2) is 50.3 Å². The Morgan fingerprint density at radius 2 is 2.04 bits per heavy atom. The van der Waals surface area contributed by atoms with Gasteiger partial charge in [-0.15, -0.1) is 0 Å². The summed E-state index contributed by atoms with van der Waals surface area (Å²) in [5.41, 5.74) is -0.473. The number of piperidine rings is 1. The van der Waals surface area contributed by atoms with E-state index in [2.05, 4.69) is 10.4 Å². The number of hydrogen-bond acceptors (Lipinski definition) is 4. The molecular formula is C18H22N4O3. The van der Waals surface area contributed by atoms with Crippen molar-refractivity contribution in [2.75, 3.05) is 18.4 Å². The highest BCUT2D eigenvalue weighted by molar-refractivity contribution is 5.97. The first-order valence-electron chi connectivity index (χ1n) is 8.33. The average Bonchev–Trinajstić information content (AvgIpc) is 3.02. The summed E-state index contributed by atoms with van der Waals surface area (Å²) < 4.78 is 1.72. The Morgan fingerprint density at radius 1 is 1.28 bits per heavy atom. The number of anilines is 1. The summed E-state index contributed by atoms with van der Waals surface area (Å²) in [4.78, 5) is 25.5. The van der Waals surface area contributed by atoms with Gasteiger partial charge in [-0.3, -0.25) is 14.3 Å². The lowest BCUT2D eigenvalue weighted by Crippen LogP contribution is -2.56. The van der Waals surface area contributed by atoms with E-state index in [0.717, 1.165) is 5.56 Å². The molecule has 2 heterocycles. The zero-order chi connectivity index (χ0) is 17.9. The summed E-state index contributed by atoms with van der Waals surface area (Å²) in [5, 5.41) is 17.6. The van der Waals surface area contributed by atoms with Crippen molar-refractivity contribution < 1.29 is 14.7 Å². The predicted octanol–water partition coefficient (Wildman–Crippen LogP) is 1.24. The third-order valence-corrected chi connectivity index (χ3v) is 4.41. The van der Waals surface area contributed by atoms with Crippen molar-refractivity contribution in [3.63, 3.8) is 0 Å². The van der Waals surface area contributed by atoms with Gasteiger partial charge in [0.25, 0.3) is 5.91 Å². The summed E-state index contributed by atoms with van der Waals surface area (Å²) in [5.74, 6) is -0.282. The van der Waals surface area contributed by atoms with Crippen LogP contribution in [-0.2, 0) is 16.1 Å². The van der Waals surface area contributed by atoms with Crippen LogP contribution < -0.4 is 5.32 Å². The number of hydrogen-bond donors (Lipinski definition) is 2. The first kappa shape index (κ1) is 17.2. The van der Waals surface area contributed by atoms with Gasteiger partial charge >= 0.3 is 0 Å². The van der Waals surface area contributed by atoms with E-state index in [1.807, 2.05) is 30.3 Å². The number of amides is 2. The number of carbonyl (C=O) groups excluding carboxylic acids is 2. The minimum atomic E-state index is -1.58.